The van der Waals surface area contributed by atoms with Crippen LogP contribution in [0, 0.1) is 24.0 Å². The van der Waals surface area contributed by atoms with Gasteiger partial charge in [-0.1, -0.05) is 6.07 Å². The quantitative estimate of drug-likeness (QED) is 0.269. The van der Waals surface area contributed by atoms with E-state index in [0.29, 0.717) is 28.5 Å². The number of nitrogens with one attached hydrogen (secondary N) is 2. The van der Waals surface area contributed by atoms with E-state index < -0.39 is 10.9 Å². The highest BCUT2D eigenvalue weighted by molar-refractivity contribution is 7.80. The highest BCUT2D eigenvalue weighted by atomic mass is 32.1. The van der Waals surface area contributed by atoms with Crippen LogP contribution in [0.5, 0.6) is 0 Å². The van der Waals surface area contributed by atoms with E-state index in [-0.39, 0.29) is 28.0 Å². The van der Waals surface area contributed by atoms with Crippen molar-refractivity contribution in [2.75, 3.05) is 30.8 Å². The van der Waals surface area contributed by atoms with Gasteiger partial charge in [-0.15, -0.1) is 11.3 Å². The molecule has 1 amide bonds. The van der Waals surface area contributed by atoms with E-state index >= 15 is 0 Å². The van der Waals surface area contributed by atoms with Crippen LogP contribution in [-0.4, -0.2) is 47.0 Å². The van der Waals surface area contributed by atoms with Crippen molar-refractivity contribution >= 4 is 56.9 Å². The minimum atomic E-state index is -0.612. The normalized spacial score (nSPS) is 10.4. The van der Waals surface area contributed by atoms with E-state index in [1.807, 2.05) is 13.8 Å². The van der Waals surface area contributed by atoms with E-state index in [1.54, 1.807) is 30.9 Å². The van der Waals surface area contributed by atoms with Crippen molar-refractivity contribution in [3.8, 4) is 0 Å². The third-order valence-electron chi connectivity index (χ3n) is 4.61. The summed E-state index contributed by atoms with van der Waals surface area (Å²) in [6, 6.07) is 4.70. The monoisotopic (exact) mass is 464 g/mol. The maximum Gasteiger partial charge on any atom is 0.341 e. The Hall–Kier alpha value is -3.05. The number of ether oxygens (including phenoxy) is 1. The minimum Gasteiger partial charge on any atom is -0.465 e. The summed E-state index contributed by atoms with van der Waals surface area (Å²) in [4.78, 5) is 38.1. The average Bonchev–Trinajstić information content (AvgIpc) is 3.04. The van der Waals surface area contributed by atoms with Gasteiger partial charge in [0, 0.05) is 19.2 Å². The molecule has 0 fully saturated rings. The summed E-state index contributed by atoms with van der Waals surface area (Å²) < 4.78 is 4.88. The molecule has 0 aliphatic heterocycles. The van der Waals surface area contributed by atoms with Gasteiger partial charge >= 0.3 is 5.97 Å². The molecule has 1 heterocycles. The number of esters is 1. The molecule has 9 nitrogen and oxygen atoms in total. The summed E-state index contributed by atoms with van der Waals surface area (Å²) >= 11 is 6.39. The van der Waals surface area contributed by atoms with Crippen LogP contribution < -0.4 is 10.6 Å². The van der Waals surface area contributed by atoms with Gasteiger partial charge < -0.3 is 20.3 Å². The van der Waals surface area contributed by atoms with Gasteiger partial charge in [0.25, 0.3) is 11.6 Å². The van der Waals surface area contributed by atoms with Gasteiger partial charge in [0.2, 0.25) is 0 Å². The van der Waals surface area contributed by atoms with Crippen molar-refractivity contribution in [1.29, 1.82) is 0 Å². The molecule has 1 aromatic carbocycles. The van der Waals surface area contributed by atoms with Crippen LogP contribution in [0.4, 0.5) is 16.4 Å². The molecule has 0 atom stereocenters. The van der Waals surface area contributed by atoms with Gasteiger partial charge in [-0.25, -0.2) is 4.79 Å². The fourth-order valence-corrected chi connectivity index (χ4v) is 4.41. The molecule has 2 aromatic rings. The first-order valence-electron chi connectivity index (χ1n) is 9.48. The van der Waals surface area contributed by atoms with E-state index in [0.717, 1.165) is 16.9 Å². The number of amides is 1. The summed E-state index contributed by atoms with van der Waals surface area (Å²) in [7, 11) is 1.25. The highest BCUT2D eigenvalue weighted by Gasteiger charge is 2.28. The molecule has 166 valence electrons. The maximum absolute atomic E-state index is 12.9. The number of carbonyl (C=O) groups is 2. The number of rotatable bonds is 7. The Kier molecular flexibility index (Phi) is 8.06. The Morgan fingerprint density at radius 1 is 1.23 bits per heavy atom. The molecule has 1 aromatic heterocycles. The van der Waals surface area contributed by atoms with Crippen molar-refractivity contribution in [1.82, 2.24) is 4.90 Å². The molecule has 31 heavy (non-hydrogen) atoms. The van der Waals surface area contributed by atoms with E-state index in [2.05, 4.69) is 10.6 Å². The fourth-order valence-electron chi connectivity index (χ4n) is 2.96. The first kappa shape index (κ1) is 24.2. The van der Waals surface area contributed by atoms with Crippen LogP contribution in [-0.2, 0) is 4.74 Å². The van der Waals surface area contributed by atoms with Gasteiger partial charge in [0.1, 0.15) is 10.7 Å². The Morgan fingerprint density at radius 3 is 2.42 bits per heavy atom. The summed E-state index contributed by atoms with van der Waals surface area (Å²) in [6.45, 7) is 8.22. The largest absolute Gasteiger partial charge is 0.465 e. The van der Waals surface area contributed by atoms with Crippen molar-refractivity contribution in [3.05, 3.63) is 49.9 Å². The Labute approximate surface area is 189 Å². The molecular formula is C20H24N4O5S2. The minimum absolute atomic E-state index is 0.0418. The maximum atomic E-state index is 12.9. The first-order chi connectivity index (χ1) is 14.6. The lowest BCUT2D eigenvalue weighted by Crippen LogP contribution is -2.30. The van der Waals surface area contributed by atoms with Crippen LogP contribution in [0.2, 0.25) is 0 Å². The third kappa shape index (κ3) is 5.36. The summed E-state index contributed by atoms with van der Waals surface area (Å²) in [5.41, 5.74) is 1.50. The fraction of sp³-hybridized carbons (Fsp3) is 0.350. The Balaban J connectivity index is 2.39. The molecule has 0 saturated carbocycles. The second kappa shape index (κ2) is 10.3. The lowest BCUT2D eigenvalue weighted by Gasteiger charge is -2.17. The standard InChI is InChI=1S/C20H24N4O5S2/c1-6-23(7-2)18(25)16-12(4)15(19(26)29-5)17(31-16)22-20(30)21-13-9-8-11(3)10-14(13)24(27)28/h8-10H,6-7H2,1-5H3,(H2,21,22,30). The smallest absolute Gasteiger partial charge is 0.341 e. The second-order valence-corrected chi connectivity index (χ2v) is 8.02. The predicted octanol–water partition coefficient (Wildman–Crippen LogP) is 4.35. The van der Waals surface area contributed by atoms with Gasteiger partial charge in [-0.2, -0.15) is 0 Å². The SMILES string of the molecule is CCN(CC)C(=O)c1sc(NC(=S)Nc2ccc(C)cc2[N+](=O)[O-])c(C(=O)OC)c1C. The van der Waals surface area contributed by atoms with Crippen molar-refractivity contribution in [2.45, 2.75) is 27.7 Å². The van der Waals surface area contributed by atoms with E-state index in [4.69, 9.17) is 17.0 Å². The van der Waals surface area contributed by atoms with E-state index in [1.165, 1.54) is 13.2 Å². The Morgan fingerprint density at radius 2 is 1.87 bits per heavy atom. The number of aryl methyl sites for hydroxylation is 1. The highest BCUT2D eigenvalue weighted by Crippen LogP contribution is 2.35. The number of benzene rings is 1. The molecule has 0 bridgehead atoms. The number of anilines is 2. The average molecular weight is 465 g/mol. The van der Waals surface area contributed by atoms with Crippen molar-refractivity contribution in [2.24, 2.45) is 0 Å². The number of methoxy groups -OCH3 is 1. The van der Waals surface area contributed by atoms with Crippen LogP contribution in [0.25, 0.3) is 0 Å². The molecule has 0 aliphatic rings. The van der Waals surface area contributed by atoms with Gasteiger partial charge in [0.05, 0.1) is 22.5 Å². The zero-order chi connectivity index (χ0) is 23.3. The van der Waals surface area contributed by atoms with Gasteiger partial charge in [-0.3, -0.25) is 14.9 Å². The molecule has 0 saturated heterocycles. The van der Waals surface area contributed by atoms with Crippen LogP contribution in [0.15, 0.2) is 18.2 Å². The third-order valence-corrected chi connectivity index (χ3v) is 6.01. The van der Waals surface area contributed by atoms with Gasteiger partial charge in [0.15, 0.2) is 5.11 Å². The van der Waals surface area contributed by atoms with Crippen molar-refractivity contribution < 1.29 is 19.2 Å². The van der Waals surface area contributed by atoms with Crippen LogP contribution in [0.3, 0.4) is 0 Å². The van der Waals surface area contributed by atoms with E-state index in [9.17, 15) is 19.7 Å². The molecule has 0 radical (unpaired) electrons. The lowest BCUT2D eigenvalue weighted by molar-refractivity contribution is -0.383. The summed E-state index contributed by atoms with van der Waals surface area (Å²) in [6.07, 6.45) is 0. The number of nitro benzene ring substituents is 1. The number of hydrogen-bond acceptors (Lipinski definition) is 7. The lowest BCUT2D eigenvalue weighted by atomic mass is 10.1. The predicted molar refractivity (Wildman–Crippen MR) is 125 cm³/mol. The first-order valence-corrected chi connectivity index (χ1v) is 10.7. The molecule has 0 aliphatic carbocycles. The van der Waals surface area contributed by atoms with Crippen molar-refractivity contribution in [3.63, 3.8) is 0 Å². The number of nitrogens with zero attached hydrogens (tertiary/aromatic N) is 2. The van der Waals surface area contributed by atoms with Crippen LogP contribution >= 0.6 is 23.6 Å². The summed E-state index contributed by atoms with van der Waals surface area (Å²) in [5.74, 6) is -0.808. The molecule has 2 N–H and O–H groups in total. The number of thiocarbonyl (C=S) groups is 1. The number of thiophene rings is 1. The number of carbonyl (C=O) groups excluding carboxylic acids is 2. The van der Waals surface area contributed by atoms with Gasteiger partial charge in [-0.05, 0) is 57.1 Å². The molecule has 2 rings (SSSR count). The second-order valence-electron chi connectivity index (χ2n) is 6.59. The molecule has 0 spiro atoms. The molecule has 11 heteroatoms. The number of hydrogen-bond donors (Lipinski definition) is 2. The Bertz CT molecular complexity index is 1030. The molecular weight excluding hydrogens is 440 g/mol. The zero-order valence-corrected chi connectivity index (χ0v) is 19.5. The molecule has 0 unspecified atom stereocenters. The van der Waals surface area contributed by atoms with Crippen LogP contribution in [0.1, 0.15) is 45.0 Å². The number of nitro groups is 1. The zero-order valence-electron chi connectivity index (χ0n) is 17.9. The topological polar surface area (TPSA) is 114 Å². The summed E-state index contributed by atoms with van der Waals surface area (Å²) in [5, 5.41) is 17.4.